The van der Waals surface area contributed by atoms with Crippen molar-refractivity contribution in [3.8, 4) is 0 Å². The lowest BCUT2D eigenvalue weighted by Crippen LogP contribution is -2.62. The molecule has 4 fully saturated rings. The highest BCUT2D eigenvalue weighted by Crippen LogP contribution is 2.71. The predicted molar refractivity (Wildman–Crippen MR) is 123 cm³/mol. The summed E-state index contributed by atoms with van der Waals surface area (Å²) in [5.74, 6) is 1.97. The summed E-state index contributed by atoms with van der Waals surface area (Å²) in [6, 6.07) is 0. The Morgan fingerprint density at radius 1 is 0.935 bits per heavy atom. The van der Waals surface area contributed by atoms with Crippen molar-refractivity contribution >= 4 is 5.97 Å². The van der Waals surface area contributed by atoms with E-state index in [9.17, 15) is 15.0 Å². The summed E-state index contributed by atoms with van der Waals surface area (Å²) in [5, 5.41) is 21.2. The number of fused-ring (bicyclic) bond motifs is 7. The zero-order chi connectivity index (χ0) is 22.4. The van der Waals surface area contributed by atoms with Crippen molar-refractivity contribution in [3.63, 3.8) is 0 Å². The number of aliphatic carboxylic acids is 1. The first-order chi connectivity index (χ1) is 14.5. The Morgan fingerprint density at radius 2 is 1.65 bits per heavy atom. The first kappa shape index (κ1) is 22.0. The van der Waals surface area contributed by atoms with Crippen molar-refractivity contribution in [1.82, 2.24) is 0 Å². The van der Waals surface area contributed by atoms with Gasteiger partial charge in [0.1, 0.15) is 0 Å². The van der Waals surface area contributed by atoms with Crippen LogP contribution in [0.5, 0.6) is 0 Å². The van der Waals surface area contributed by atoms with Gasteiger partial charge in [-0.05, 0) is 97.2 Å². The van der Waals surface area contributed by atoms with Crippen molar-refractivity contribution in [1.29, 1.82) is 0 Å². The second-order valence-corrected chi connectivity index (χ2v) is 13.4. The molecule has 2 N–H and O–H groups in total. The Kier molecular flexibility index (Phi) is 4.85. The van der Waals surface area contributed by atoms with E-state index in [0.29, 0.717) is 23.7 Å². The monoisotopic (exact) mass is 428 g/mol. The van der Waals surface area contributed by atoms with Crippen molar-refractivity contribution in [3.05, 3.63) is 11.6 Å². The van der Waals surface area contributed by atoms with Crippen LogP contribution in [0.1, 0.15) is 98.8 Å². The highest BCUT2D eigenvalue weighted by atomic mass is 16.4. The summed E-state index contributed by atoms with van der Waals surface area (Å²) in [6.07, 6.45) is 13.0. The molecule has 31 heavy (non-hydrogen) atoms. The Labute approximate surface area is 189 Å². The van der Waals surface area contributed by atoms with E-state index in [1.165, 1.54) is 24.8 Å². The van der Waals surface area contributed by atoms with E-state index in [-0.39, 0.29) is 28.3 Å². The maximum atomic E-state index is 12.6. The molecule has 0 heterocycles. The summed E-state index contributed by atoms with van der Waals surface area (Å²) in [5.41, 5.74) is 1.56. The molecule has 3 nitrogen and oxygen atoms in total. The minimum atomic E-state index is -0.533. The Hall–Kier alpha value is -0.830. The molecule has 0 amide bonds. The van der Waals surface area contributed by atoms with E-state index in [4.69, 9.17) is 0 Å². The van der Waals surface area contributed by atoms with Crippen LogP contribution in [0.15, 0.2) is 11.6 Å². The molecule has 4 saturated carbocycles. The fourth-order valence-electron chi connectivity index (χ4n) is 10.4. The van der Waals surface area contributed by atoms with Gasteiger partial charge >= 0.3 is 5.97 Å². The molecule has 0 saturated heterocycles. The maximum Gasteiger partial charge on any atom is 0.310 e. The molecule has 8 unspecified atom stereocenters. The normalized spacial score (nSPS) is 53.3. The highest BCUT2D eigenvalue weighted by Gasteiger charge is 2.65. The zero-order valence-corrected chi connectivity index (χ0v) is 20.4. The number of carbonyl (C=O) groups is 1. The Balaban J connectivity index is 1.56. The van der Waals surface area contributed by atoms with Gasteiger partial charge in [-0.25, -0.2) is 0 Å². The number of hydrogen-bond donors (Lipinski definition) is 2. The van der Waals surface area contributed by atoms with Crippen molar-refractivity contribution in [2.45, 2.75) is 105 Å². The molecular formula is C28H44O3. The van der Waals surface area contributed by atoms with Gasteiger partial charge in [0.15, 0.2) is 0 Å². The average Bonchev–Trinajstić information content (AvgIpc) is 2.70. The van der Waals surface area contributed by atoms with Gasteiger partial charge in [0.2, 0.25) is 0 Å². The lowest BCUT2D eigenvalue weighted by molar-refractivity contribution is -0.188. The molecule has 5 aliphatic rings. The van der Waals surface area contributed by atoms with Crippen molar-refractivity contribution in [2.75, 3.05) is 0 Å². The predicted octanol–water partition coefficient (Wildman–Crippen LogP) is 6.45. The molecule has 0 spiro atoms. The van der Waals surface area contributed by atoms with Crippen LogP contribution >= 0.6 is 0 Å². The molecule has 174 valence electrons. The molecule has 0 aromatic carbocycles. The molecule has 0 aliphatic heterocycles. The molecular weight excluding hydrogens is 384 g/mol. The van der Waals surface area contributed by atoms with Crippen LogP contribution in [-0.4, -0.2) is 22.3 Å². The number of carboxylic acid groups (broad SMARTS) is 1. The molecule has 0 bridgehead atoms. The van der Waals surface area contributed by atoms with Gasteiger partial charge in [-0.15, -0.1) is 0 Å². The van der Waals surface area contributed by atoms with Crippen molar-refractivity contribution in [2.24, 2.45) is 51.2 Å². The SMILES string of the molecule is CC1CCCC2(C(=O)O)CCC3C(=CCC4C3(C)CCC3C4(C)CC[C@H](O)C3(C)C)C12. The van der Waals surface area contributed by atoms with Gasteiger partial charge in [-0.3, -0.25) is 4.79 Å². The van der Waals surface area contributed by atoms with Crippen LogP contribution in [-0.2, 0) is 4.79 Å². The summed E-state index contributed by atoms with van der Waals surface area (Å²) >= 11 is 0. The van der Waals surface area contributed by atoms with E-state index in [2.05, 4.69) is 40.7 Å². The van der Waals surface area contributed by atoms with E-state index >= 15 is 0 Å². The molecule has 9 atom stereocenters. The van der Waals surface area contributed by atoms with E-state index in [1.807, 2.05) is 0 Å². The first-order valence-electron chi connectivity index (χ1n) is 13.1. The van der Waals surface area contributed by atoms with Crippen LogP contribution in [0.2, 0.25) is 0 Å². The van der Waals surface area contributed by atoms with Gasteiger partial charge in [0.25, 0.3) is 0 Å². The van der Waals surface area contributed by atoms with Crippen LogP contribution in [0.25, 0.3) is 0 Å². The fraction of sp³-hybridized carbons (Fsp3) is 0.893. The molecule has 0 aromatic rings. The van der Waals surface area contributed by atoms with Gasteiger partial charge in [-0.2, -0.15) is 0 Å². The van der Waals surface area contributed by atoms with E-state index in [0.717, 1.165) is 44.9 Å². The van der Waals surface area contributed by atoms with Crippen LogP contribution < -0.4 is 0 Å². The van der Waals surface area contributed by atoms with E-state index in [1.54, 1.807) is 0 Å². The summed E-state index contributed by atoms with van der Waals surface area (Å²) in [4.78, 5) is 12.6. The lowest BCUT2D eigenvalue weighted by atomic mass is 9.37. The molecule has 5 aliphatic carbocycles. The van der Waals surface area contributed by atoms with Crippen LogP contribution in [0.4, 0.5) is 0 Å². The number of carboxylic acids is 1. The molecule has 5 rings (SSSR count). The van der Waals surface area contributed by atoms with Gasteiger partial charge < -0.3 is 10.2 Å². The number of aliphatic hydroxyl groups excluding tert-OH is 1. The highest BCUT2D eigenvalue weighted by molar-refractivity contribution is 5.76. The minimum Gasteiger partial charge on any atom is -0.481 e. The lowest BCUT2D eigenvalue weighted by Gasteiger charge is -2.68. The van der Waals surface area contributed by atoms with Crippen LogP contribution in [0, 0.1) is 51.2 Å². The second kappa shape index (κ2) is 6.84. The largest absolute Gasteiger partial charge is 0.481 e. The first-order valence-corrected chi connectivity index (χ1v) is 13.1. The summed E-state index contributed by atoms with van der Waals surface area (Å²) < 4.78 is 0. The third-order valence-corrected chi connectivity index (χ3v) is 12.0. The minimum absolute atomic E-state index is 0.0127. The molecule has 0 aromatic heterocycles. The Morgan fingerprint density at radius 3 is 2.35 bits per heavy atom. The summed E-state index contributed by atoms with van der Waals surface area (Å²) in [6.45, 7) is 12.0. The average molecular weight is 429 g/mol. The van der Waals surface area contributed by atoms with Gasteiger partial charge in [0, 0.05) is 0 Å². The van der Waals surface area contributed by atoms with Crippen LogP contribution in [0.3, 0.4) is 0 Å². The third kappa shape index (κ3) is 2.71. The topological polar surface area (TPSA) is 57.5 Å². The van der Waals surface area contributed by atoms with Gasteiger partial charge in [0.05, 0.1) is 11.5 Å². The molecule has 0 radical (unpaired) electrons. The zero-order valence-electron chi connectivity index (χ0n) is 20.4. The fourth-order valence-corrected chi connectivity index (χ4v) is 10.4. The number of aliphatic hydroxyl groups is 1. The quantitative estimate of drug-likeness (QED) is 0.472. The summed E-state index contributed by atoms with van der Waals surface area (Å²) in [7, 11) is 0. The second-order valence-electron chi connectivity index (χ2n) is 13.4. The standard InChI is InChI=1S/C28H44O3/c1-17-7-6-13-28(24(30)31)16-10-19-18(23(17)28)8-9-21-26(19,4)14-11-20-25(2,3)22(29)12-15-27(20,21)5/h8,17,19-23,29H,6-7,9-16H2,1-5H3,(H,30,31)/t17?,19?,20?,21?,22-,23?,26?,27?,28?/m0/s1. The number of hydrogen-bond acceptors (Lipinski definition) is 2. The number of rotatable bonds is 1. The van der Waals surface area contributed by atoms with E-state index < -0.39 is 11.4 Å². The molecule has 3 heteroatoms. The van der Waals surface area contributed by atoms with Crippen molar-refractivity contribution < 1.29 is 15.0 Å². The third-order valence-electron chi connectivity index (χ3n) is 12.0. The smallest absolute Gasteiger partial charge is 0.310 e. The van der Waals surface area contributed by atoms with Gasteiger partial charge in [-0.1, -0.05) is 59.1 Å². The number of allylic oxidation sites excluding steroid dienone is 2. The maximum absolute atomic E-state index is 12.6. The Bertz CT molecular complexity index is 798.